The van der Waals surface area contributed by atoms with Crippen LogP contribution in [0, 0.1) is 0 Å². The second kappa shape index (κ2) is 5.37. The van der Waals surface area contributed by atoms with E-state index in [2.05, 4.69) is 11.3 Å². The lowest BCUT2D eigenvalue weighted by Crippen LogP contribution is -2.27. The summed E-state index contributed by atoms with van der Waals surface area (Å²) in [6.07, 6.45) is 0. The zero-order valence-electron chi connectivity index (χ0n) is 9.13. The minimum Gasteiger partial charge on any atom is -0.225 e. The quantitative estimate of drug-likeness (QED) is 0.819. The van der Waals surface area contributed by atoms with Crippen molar-refractivity contribution in [2.45, 2.75) is 9.79 Å². The largest absolute Gasteiger partial charge is 0.242 e. The maximum absolute atomic E-state index is 11.9. The predicted molar refractivity (Wildman–Crippen MR) is 68.0 cm³/mol. The first-order valence-corrected chi connectivity index (χ1v) is 8.00. The van der Waals surface area contributed by atoms with Crippen molar-refractivity contribution >= 4 is 31.6 Å². The molecule has 0 aliphatic carbocycles. The van der Waals surface area contributed by atoms with Crippen LogP contribution in [0.5, 0.6) is 0 Å². The summed E-state index contributed by atoms with van der Waals surface area (Å²) in [6, 6.07) is 5.01. The Morgan fingerprint density at radius 1 is 1.22 bits per heavy atom. The number of hydrogen-bond acceptors (Lipinski definition) is 4. The molecule has 18 heavy (non-hydrogen) atoms. The number of sulfonamides is 2. The number of benzene rings is 1. The number of nitrogens with one attached hydrogen (secondary N) is 1. The van der Waals surface area contributed by atoms with Crippen molar-refractivity contribution in [3.05, 3.63) is 35.9 Å². The molecule has 0 heterocycles. The summed E-state index contributed by atoms with van der Waals surface area (Å²) in [5, 5.41) is 5.02. The maximum atomic E-state index is 11.9. The average molecular weight is 311 g/mol. The van der Waals surface area contributed by atoms with Crippen LogP contribution in [0.1, 0.15) is 0 Å². The third kappa shape index (κ3) is 3.79. The van der Waals surface area contributed by atoms with Gasteiger partial charge in [-0.25, -0.2) is 26.7 Å². The zero-order chi connectivity index (χ0) is 14.0. The number of primary sulfonamides is 1. The first-order chi connectivity index (χ1) is 8.14. The molecule has 0 saturated heterocycles. The van der Waals surface area contributed by atoms with Crippen LogP contribution in [0.15, 0.2) is 45.7 Å². The van der Waals surface area contributed by atoms with E-state index in [1.165, 1.54) is 12.1 Å². The van der Waals surface area contributed by atoms with Crippen LogP contribution in [-0.4, -0.2) is 23.4 Å². The van der Waals surface area contributed by atoms with Gasteiger partial charge in [0.15, 0.2) is 0 Å². The van der Waals surface area contributed by atoms with Crippen LogP contribution in [0.2, 0.25) is 0 Å². The van der Waals surface area contributed by atoms with Crippen LogP contribution in [-0.2, 0) is 20.0 Å². The third-order valence-electron chi connectivity index (χ3n) is 1.90. The first-order valence-electron chi connectivity index (χ1n) is 4.59. The fourth-order valence-corrected chi connectivity index (χ4v) is 3.71. The lowest BCUT2D eigenvalue weighted by Gasteiger charge is -2.09. The molecule has 9 heteroatoms. The molecule has 1 aromatic rings. The van der Waals surface area contributed by atoms with Crippen LogP contribution < -0.4 is 9.86 Å². The van der Waals surface area contributed by atoms with E-state index in [0.717, 1.165) is 12.1 Å². The van der Waals surface area contributed by atoms with Crippen LogP contribution in [0.4, 0.5) is 0 Å². The van der Waals surface area contributed by atoms with Crippen LogP contribution in [0.25, 0.3) is 0 Å². The van der Waals surface area contributed by atoms with E-state index in [1.807, 2.05) is 0 Å². The fraction of sp³-hybridized carbons (Fsp3) is 0.111. The Morgan fingerprint density at radius 2 is 1.72 bits per heavy atom. The molecule has 0 fully saturated rings. The molecule has 0 saturated carbocycles. The SMILES string of the molecule is C=C(Cl)CNS(=O)(=O)c1ccccc1S(N)(=O)=O. The summed E-state index contributed by atoms with van der Waals surface area (Å²) in [4.78, 5) is -0.900. The van der Waals surface area contributed by atoms with Crippen LogP contribution >= 0.6 is 11.6 Å². The molecule has 0 radical (unpaired) electrons. The van der Waals surface area contributed by atoms with Crippen molar-refractivity contribution in [2.75, 3.05) is 6.54 Å². The van der Waals surface area contributed by atoms with Gasteiger partial charge in [0.25, 0.3) is 0 Å². The molecule has 100 valence electrons. The summed E-state index contributed by atoms with van der Waals surface area (Å²) in [6.45, 7) is 3.11. The molecule has 0 aliphatic rings. The van der Waals surface area contributed by atoms with E-state index in [-0.39, 0.29) is 11.6 Å². The Hall–Kier alpha value is -0.930. The normalized spacial score (nSPS) is 12.3. The number of hydrogen-bond donors (Lipinski definition) is 2. The van der Waals surface area contributed by atoms with Gasteiger partial charge in [-0.05, 0) is 12.1 Å². The second-order valence-electron chi connectivity index (χ2n) is 3.33. The van der Waals surface area contributed by atoms with Crippen molar-refractivity contribution in [3.63, 3.8) is 0 Å². The van der Waals surface area contributed by atoms with Gasteiger partial charge in [0.05, 0.1) is 0 Å². The highest BCUT2D eigenvalue weighted by atomic mass is 35.5. The van der Waals surface area contributed by atoms with Crippen molar-refractivity contribution in [2.24, 2.45) is 5.14 Å². The minimum absolute atomic E-state index is 0.0756. The molecule has 6 nitrogen and oxygen atoms in total. The van der Waals surface area contributed by atoms with E-state index in [0.29, 0.717) is 0 Å². The molecule has 0 atom stereocenters. The molecule has 1 rings (SSSR count). The van der Waals surface area contributed by atoms with Crippen molar-refractivity contribution in [3.8, 4) is 0 Å². The highest BCUT2D eigenvalue weighted by Gasteiger charge is 2.23. The molecular formula is C9H11ClN2O4S2. The molecule has 0 bridgehead atoms. The molecule has 1 aromatic carbocycles. The van der Waals surface area contributed by atoms with Crippen molar-refractivity contribution < 1.29 is 16.8 Å². The smallest absolute Gasteiger partial charge is 0.225 e. The lowest BCUT2D eigenvalue weighted by atomic mass is 10.4. The van der Waals surface area contributed by atoms with Gasteiger partial charge < -0.3 is 0 Å². The number of rotatable bonds is 5. The summed E-state index contributed by atoms with van der Waals surface area (Å²) in [5.41, 5.74) is 0. The van der Waals surface area contributed by atoms with Crippen molar-refractivity contribution in [1.82, 2.24) is 4.72 Å². The third-order valence-corrected chi connectivity index (χ3v) is 4.59. The van der Waals surface area contributed by atoms with E-state index in [4.69, 9.17) is 16.7 Å². The van der Waals surface area contributed by atoms with Gasteiger partial charge >= 0.3 is 0 Å². The van der Waals surface area contributed by atoms with Gasteiger partial charge in [-0.3, -0.25) is 0 Å². The van der Waals surface area contributed by atoms with E-state index in [9.17, 15) is 16.8 Å². The van der Waals surface area contributed by atoms with Gasteiger partial charge in [-0.15, -0.1) is 0 Å². The van der Waals surface area contributed by atoms with E-state index in [1.54, 1.807) is 0 Å². The molecule has 0 amide bonds. The fourth-order valence-electron chi connectivity index (χ4n) is 1.16. The van der Waals surface area contributed by atoms with Gasteiger partial charge in [-0.2, -0.15) is 0 Å². The highest BCUT2D eigenvalue weighted by Crippen LogP contribution is 2.19. The molecule has 0 aliphatic heterocycles. The molecule has 0 spiro atoms. The van der Waals surface area contributed by atoms with E-state index >= 15 is 0 Å². The Labute approximate surface area is 111 Å². The number of halogens is 1. The summed E-state index contributed by atoms with van der Waals surface area (Å²) < 4.78 is 48.4. The minimum atomic E-state index is -4.13. The van der Waals surface area contributed by atoms with Crippen LogP contribution in [0.3, 0.4) is 0 Å². The Kier molecular flexibility index (Phi) is 4.51. The average Bonchev–Trinajstić information content (AvgIpc) is 2.25. The molecule has 3 N–H and O–H groups in total. The van der Waals surface area contributed by atoms with E-state index < -0.39 is 29.8 Å². The zero-order valence-corrected chi connectivity index (χ0v) is 11.5. The molecule has 0 aromatic heterocycles. The van der Waals surface area contributed by atoms with Gasteiger partial charge in [-0.1, -0.05) is 30.3 Å². The standard InChI is InChI=1S/C9H11ClN2O4S2/c1-7(10)6-12-18(15,16)9-5-3-2-4-8(9)17(11,13)14/h2-5,12H,1,6H2,(H2,11,13,14). The molecular weight excluding hydrogens is 300 g/mol. The number of nitrogens with two attached hydrogens (primary N) is 1. The Morgan fingerprint density at radius 3 is 2.17 bits per heavy atom. The van der Waals surface area contributed by atoms with Gasteiger partial charge in [0, 0.05) is 11.6 Å². The predicted octanol–water partition coefficient (Wildman–Crippen LogP) is 0.365. The summed E-state index contributed by atoms with van der Waals surface area (Å²) >= 11 is 5.44. The summed E-state index contributed by atoms with van der Waals surface area (Å²) in [5.74, 6) is 0. The summed E-state index contributed by atoms with van der Waals surface area (Å²) in [7, 11) is -8.15. The van der Waals surface area contributed by atoms with Crippen molar-refractivity contribution in [1.29, 1.82) is 0 Å². The van der Waals surface area contributed by atoms with Gasteiger partial charge in [0.1, 0.15) is 9.79 Å². The lowest BCUT2D eigenvalue weighted by molar-refractivity contribution is 0.576. The Bertz CT molecular complexity index is 668. The Balaban J connectivity index is 3.30. The topological polar surface area (TPSA) is 106 Å². The first kappa shape index (κ1) is 15.1. The van der Waals surface area contributed by atoms with Gasteiger partial charge in [0.2, 0.25) is 20.0 Å². The monoisotopic (exact) mass is 310 g/mol. The molecule has 0 unspecified atom stereocenters. The second-order valence-corrected chi connectivity index (χ2v) is 7.13. The maximum Gasteiger partial charge on any atom is 0.242 e. The highest BCUT2D eigenvalue weighted by molar-refractivity contribution is 7.92.